The summed E-state index contributed by atoms with van der Waals surface area (Å²) in [4.78, 5) is 0. The predicted octanol–water partition coefficient (Wildman–Crippen LogP) is 2.75. The highest BCUT2D eigenvalue weighted by atomic mass is 35.5. The fraction of sp³-hybridized carbons (Fsp3) is 1.00. The van der Waals surface area contributed by atoms with Crippen molar-refractivity contribution in [3.8, 4) is 0 Å². The van der Waals surface area contributed by atoms with Crippen molar-refractivity contribution in [2.75, 3.05) is 0 Å². The lowest BCUT2D eigenvalue weighted by molar-refractivity contribution is 1.11. The Morgan fingerprint density at radius 1 is 0.500 bits per heavy atom. The molecule has 0 aromatic carbocycles. The summed E-state index contributed by atoms with van der Waals surface area (Å²) in [6.07, 6.45) is 0. The molecule has 0 rings (SSSR count). The molecule has 6 heteroatoms. The average Bonchev–Trinajstić information content (AvgIpc) is 1.00. The number of hydrogen-bond acceptors (Lipinski definition) is 0. The number of halogens is 6. The minimum absolute atomic E-state index is 0. The third-order valence-electron chi connectivity index (χ3n) is 0. The molecule has 0 aliphatic heterocycles. The van der Waals surface area contributed by atoms with Gasteiger partial charge in [-0.15, -0.1) is 37.2 Å². The van der Waals surface area contributed by atoms with E-state index < -0.39 is 0 Å². The highest BCUT2D eigenvalue weighted by Crippen LogP contribution is 1.14. The quantitative estimate of drug-likeness (QED) is 0.563. The molecule has 0 N–H and O–H groups in total. The van der Waals surface area contributed by atoms with Crippen molar-refractivity contribution in [1.29, 1.82) is 0 Å². The van der Waals surface area contributed by atoms with Crippen LogP contribution in [0.1, 0.15) is 13.8 Å². The van der Waals surface area contributed by atoms with E-state index in [1.54, 1.807) is 0 Å². The highest BCUT2D eigenvalue weighted by molar-refractivity contribution is 5.86. The van der Waals surface area contributed by atoms with Crippen LogP contribution in [0.25, 0.3) is 0 Å². The molecule has 0 unspecified atom stereocenters. The first kappa shape index (κ1) is 184. The minimum atomic E-state index is 0. The van der Waals surface area contributed by atoms with Crippen molar-refractivity contribution >= 4 is 37.2 Å². The molecule has 0 heterocycles. The van der Waals surface area contributed by atoms with Crippen LogP contribution < -0.4 is 0 Å². The van der Waals surface area contributed by atoms with Crippen LogP contribution in [0.4, 0.5) is 14.1 Å². The maximum Gasteiger partial charge on any atom is -0.0683 e. The van der Waals surface area contributed by atoms with Crippen molar-refractivity contribution in [3.05, 3.63) is 0 Å². The fourth-order valence-corrected chi connectivity index (χ4v) is 0. The molecule has 0 aliphatic rings. The van der Waals surface area contributed by atoms with Crippen molar-refractivity contribution < 1.29 is 14.1 Å². The van der Waals surface area contributed by atoms with Crippen LogP contribution in [0, 0.1) is 0 Å². The summed E-state index contributed by atoms with van der Waals surface area (Å²) < 4.78 is 0. The standard InChI is InChI=1S/C2H6.3ClH.3FH/c1-2;;;;;;/h1-2H3;6*1H. The van der Waals surface area contributed by atoms with Crippen molar-refractivity contribution in [1.82, 2.24) is 0 Å². The van der Waals surface area contributed by atoms with E-state index >= 15 is 0 Å². The topological polar surface area (TPSA) is 0 Å². The van der Waals surface area contributed by atoms with E-state index in [2.05, 4.69) is 0 Å². The molecule has 62 valence electrons. The van der Waals surface area contributed by atoms with Gasteiger partial charge in [-0.25, -0.2) is 0 Å². The Morgan fingerprint density at radius 3 is 0.500 bits per heavy atom. The van der Waals surface area contributed by atoms with E-state index in [9.17, 15) is 0 Å². The molecule has 0 amide bonds. The van der Waals surface area contributed by atoms with Crippen molar-refractivity contribution in [2.24, 2.45) is 0 Å². The van der Waals surface area contributed by atoms with E-state index in [1.165, 1.54) is 0 Å². The van der Waals surface area contributed by atoms with Crippen LogP contribution in [-0.4, -0.2) is 0 Å². The molecule has 8 heavy (non-hydrogen) atoms. The van der Waals surface area contributed by atoms with Gasteiger partial charge in [-0.3, -0.25) is 14.1 Å². The van der Waals surface area contributed by atoms with Gasteiger partial charge < -0.3 is 0 Å². The van der Waals surface area contributed by atoms with Gasteiger partial charge in [0.15, 0.2) is 0 Å². The molecule has 0 bridgehead atoms. The second-order valence-electron chi connectivity index (χ2n) is 0. The molecule has 0 saturated heterocycles. The second kappa shape index (κ2) is 780. The van der Waals surface area contributed by atoms with Crippen LogP contribution in [0.15, 0.2) is 0 Å². The summed E-state index contributed by atoms with van der Waals surface area (Å²) in [6.45, 7) is 4.00. The van der Waals surface area contributed by atoms with E-state index in [0.29, 0.717) is 0 Å². The number of hydrogen-bond donors (Lipinski definition) is 0. The van der Waals surface area contributed by atoms with Gasteiger partial charge in [0.2, 0.25) is 0 Å². The molecule has 0 saturated carbocycles. The van der Waals surface area contributed by atoms with Gasteiger partial charge >= 0.3 is 0 Å². The predicted molar refractivity (Wildman–Crippen MR) is 40.6 cm³/mol. The summed E-state index contributed by atoms with van der Waals surface area (Å²) in [7, 11) is 0. The van der Waals surface area contributed by atoms with Crippen LogP contribution in [0.3, 0.4) is 0 Å². The Balaban J connectivity index is -0.000000000333. The molecule has 0 aromatic heterocycles. The van der Waals surface area contributed by atoms with Crippen LogP contribution in [0.5, 0.6) is 0 Å². The molecule has 0 aromatic rings. The molecular formula is C2H12Cl3F3. The Hall–Kier alpha value is 0.660. The lowest BCUT2D eigenvalue weighted by atomic mass is 11.0. The zero-order chi connectivity index (χ0) is 2.00. The molecule has 0 nitrogen and oxygen atoms in total. The van der Waals surface area contributed by atoms with E-state index in [4.69, 9.17) is 0 Å². The summed E-state index contributed by atoms with van der Waals surface area (Å²) in [5.41, 5.74) is 0. The van der Waals surface area contributed by atoms with Crippen LogP contribution in [0.2, 0.25) is 0 Å². The summed E-state index contributed by atoms with van der Waals surface area (Å²) >= 11 is 0. The lowest BCUT2D eigenvalue weighted by Gasteiger charge is -1.07. The summed E-state index contributed by atoms with van der Waals surface area (Å²) in [5.74, 6) is 0. The van der Waals surface area contributed by atoms with Gasteiger partial charge in [0.1, 0.15) is 0 Å². The Morgan fingerprint density at radius 2 is 0.500 bits per heavy atom. The molecule has 0 fully saturated rings. The maximum absolute atomic E-state index is 2.00. The third-order valence-corrected chi connectivity index (χ3v) is 0. The monoisotopic (exact) mass is 198 g/mol. The largest absolute Gasteiger partial charge is 0.269 e. The first-order chi connectivity index (χ1) is 1.00. The van der Waals surface area contributed by atoms with Gasteiger partial charge in [0.25, 0.3) is 0 Å². The third kappa shape index (κ3) is 490. The van der Waals surface area contributed by atoms with Crippen molar-refractivity contribution in [3.63, 3.8) is 0 Å². The van der Waals surface area contributed by atoms with Gasteiger partial charge in [0.05, 0.1) is 0 Å². The van der Waals surface area contributed by atoms with Crippen molar-refractivity contribution in [2.45, 2.75) is 13.8 Å². The van der Waals surface area contributed by atoms with Gasteiger partial charge in [0, 0.05) is 0 Å². The number of rotatable bonds is 0. The summed E-state index contributed by atoms with van der Waals surface area (Å²) in [6, 6.07) is 0. The van der Waals surface area contributed by atoms with Crippen LogP contribution >= 0.6 is 37.2 Å². The van der Waals surface area contributed by atoms with E-state index in [0.717, 1.165) is 0 Å². The highest BCUT2D eigenvalue weighted by Gasteiger charge is 0.932. The molecule has 0 spiro atoms. The van der Waals surface area contributed by atoms with Crippen LogP contribution in [-0.2, 0) is 0 Å². The normalized spacial score (nSPS) is 0.750. The summed E-state index contributed by atoms with van der Waals surface area (Å²) in [5, 5.41) is 0. The SMILES string of the molecule is CC.Cl.Cl.Cl.F.F.F. The van der Waals surface area contributed by atoms with Gasteiger partial charge in [-0.2, -0.15) is 0 Å². The smallest absolute Gasteiger partial charge is 0.0683 e. The fourth-order valence-electron chi connectivity index (χ4n) is 0. The van der Waals surface area contributed by atoms with E-state index in [-0.39, 0.29) is 51.3 Å². The van der Waals surface area contributed by atoms with Gasteiger partial charge in [-0.05, 0) is 0 Å². The minimum Gasteiger partial charge on any atom is -0.269 e. The first-order valence-corrected chi connectivity index (χ1v) is 1.00. The molecule has 0 radical (unpaired) electrons. The Labute approximate surface area is 65.7 Å². The second-order valence-corrected chi connectivity index (χ2v) is 0. The zero-order valence-electron chi connectivity index (χ0n) is 4.45. The average molecular weight is 199 g/mol. The molecule has 0 atom stereocenters. The Bertz CT molecular complexity index is 12.5. The van der Waals surface area contributed by atoms with Gasteiger partial charge in [-0.1, -0.05) is 13.8 Å². The maximum atomic E-state index is 2.00. The molecule has 0 aliphatic carbocycles. The van der Waals surface area contributed by atoms with E-state index in [1.807, 2.05) is 13.8 Å². The lowest BCUT2D eigenvalue weighted by Crippen LogP contribution is -0.856. The Kier molecular flexibility index (Phi) is 18000. The zero-order valence-corrected chi connectivity index (χ0v) is 6.90. The molecular weight excluding hydrogens is 187 g/mol. The first-order valence-electron chi connectivity index (χ1n) is 1.00.